The number of halogens is 6. The van der Waals surface area contributed by atoms with Crippen LogP contribution in [0.3, 0.4) is 0 Å². The Balaban J connectivity index is 3.30. The van der Waals surface area contributed by atoms with Crippen molar-refractivity contribution in [1.82, 2.24) is 0 Å². The molecule has 0 aromatic heterocycles. The van der Waals surface area contributed by atoms with Crippen molar-refractivity contribution in [3.63, 3.8) is 0 Å². The van der Waals surface area contributed by atoms with Crippen molar-refractivity contribution in [1.29, 1.82) is 0 Å². The van der Waals surface area contributed by atoms with Gasteiger partial charge in [-0.15, -0.1) is 0 Å². The van der Waals surface area contributed by atoms with E-state index in [1.165, 1.54) is 0 Å². The Morgan fingerprint density at radius 2 is 1.58 bits per heavy atom. The first-order valence-electron chi connectivity index (χ1n) is 7.60. The maximum atomic E-state index is 13.2. The van der Waals surface area contributed by atoms with Crippen LogP contribution in [0.1, 0.15) is 46.0 Å². The van der Waals surface area contributed by atoms with Gasteiger partial charge in [0.1, 0.15) is 0 Å². The molecule has 9 heteroatoms. The molecule has 3 nitrogen and oxygen atoms in total. The zero-order valence-corrected chi connectivity index (χ0v) is 13.3. The van der Waals surface area contributed by atoms with E-state index in [0.29, 0.717) is 6.42 Å². The minimum atomic E-state index is -6.05. The number of esters is 1. The fourth-order valence-electron chi connectivity index (χ4n) is 2.94. The van der Waals surface area contributed by atoms with Crippen LogP contribution in [0, 0.1) is 5.92 Å². The predicted molar refractivity (Wildman–Crippen MR) is 72.9 cm³/mol. The first kappa shape index (κ1) is 20.8. The lowest BCUT2D eigenvalue weighted by Crippen LogP contribution is -2.71. The molecule has 0 aliphatic heterocycles. The number of aliphatic hydroxyl groups is 1. The van der Waals surface area contributed by atoms with E-state index in [9.17, 15) is 36.2 Å². The molecule has 1 N–H and O–H groups in total. The zero-order valence-electron chi connectivity index (χ0n) is 13.3. The van der Waals surface area contributed by atoms with Crippen molar-refractivity contribution in [2.45, 2.75) is 69.5 Å². The summed E-state index contributed by atoms with van der Waals surface area (Å²) in [5.41, 5.74) is -8.28. The third-order valence-electron chi connectivity index (χ3n) is 4.52. The summed E-state index contributed by atoms with van der Waals surface area (Å²) in [6.45, 7) is 2.03. The molecule has 0 fully saturated rings. The second kappa shape index (κ2) is 6.93. The van der Waals surface area contributed by atoms with Crippen LogP contribution in [0.5, 0.6) is 0 Å². The third-order valence-corrected chi connectivity index (χ3v) is 4.52. The molecular weight excluding hydrogens is 342 g/mol. The number of carbonyl (C=O) groups excluding carboxylic acids is 1. The van der Waals surface area contributed by atoms with Gasteiger partial charge in [0, 0.05) is 0 Å². The summed E-state index contributed by atoms with van der Waals surface area (Å²) in [4.78, 5) is 12.1. The maximum absolute atomic E-state index is 13.2. The Morgan fingerprint density at radius 1 is 1.08 bits per heavy atom. The minimum absolute atomic E-state index is 0.179. The Kier molecular flexibility index (Phi) is 6.01. The fraction of sp³-hybridized carbons (Fsp3) is 0.800. The molecule has 0 saturated heterocycles. The Labute approximate surface area is 135 Å². The molecule has 24 heavy (non-hydrogen) atoms. The first-order chi connectivity index (χ1) is 10.9. The van der Waals surface area contributed by atoms with E-state index < -0.39 is 48.3 Å². The number of ether oxygens (including phenoxy) is 1. The number of carbonyl (C=O) groups is 1. The van der Waals surface area contributed by atoms with Crippen molar-refractivity contribution in [2.75, 3.05) is 0 Å². The molecular formula is C15H20F6O3. The van der Waals surface area contributed by atoms with Crippen molar-refractivity contribution in [3.8, 4) is 0 Å². The maximum Gasteiger partial charge on any atom is 0.430 e. The van der Waals surface area contributed by atoms with Crippen molar-refractivity contribution >= 4 is 5.97 Å². The fourth-order valence-corrected chi connectivity index (χ4v) is 2.94. The summed E-state index contributed by atoms with van der Waals surface area (Å²) in [5.74, 6) is -1.98. The van der Waals surface area contributed by atoms with E-state index in [4.69, 9.17) is 4.74 Å². The molecule has 0 amide bonds. The molecule has 1 aliphatic carbocycles. The molecule has 1 unspecified atom stereocenters. The minimum Gasteiger partial charge on any atom is -0.455 e. The van der Waals surface area contributed by atoms with Crippen LogP contribution in [0.4, 0.5) is 26.3 Å². The van der Waals surface area contributed by atoms with E-state index in [-0.39, 0.29) is 12.8 Å². The summed E-state index contributed by atoms with van der Waals surface area (Å²) < 4.78 is 83.9. The summed E-state index contributed by atoms with van der Waals surface area (Å²) in [6, 6.07) is 0. The molecule has 0 aromatic carbocycles. The molecule has 0 aromatic rings. The smallest absolute Gasteiger partial charge is 0.430 e. The third kappa shape index (κ3) is 3.41. The van der Waals surface area contributed by atoms with Crippen molar-refractivity contribution < 1.29 is 41.0 Å². The zero-order chi connectivity index (χ0) is 18.8. The second-order valence-corrected chi connectivity index (χ2v) is 5.81. The number of hydrogen-bond acceptors (Lipinski definition) is 3. The molecule has 1 rings (SSSR count). The molecule has 0 bridgehead atoms. The monoisotopic (exact) mass is 362 g/mol. The van der Waals surface area contributed by atoms with Gasteiger partial charge in [0.05, 0.1) is 5.92 Å². The summed E-state index contributed by atoms with van der Waals surface area (Å²) in [7, 11) is 0. The number of hydrogen-bond donors (Lipinski definition) is 1. The van der Waals surface area contributed by atoms with Crippen LogP contribution in [0.15, 0.2) is 12.2 Å². The van der Waals surface area contributed by atoms with Crippen LogP contribution >= 0.6 is 0 Å². The standard InChI is InChI=1S/C15H20F6O3/c1-3-12(4-2,13(23,14(16,17)18)15(19,20)21)24-11(22)10-8-6-5-7-9-10/h5-6,10,23H,3-4,7-9H2,1-2H3. The normalized spacial score (nSPS) is 20.1. The second-order valence-electron chi connectivity index (χ2n) is 5.81. The molecule has 0 spiro atoms. The van der Waals surface area contributed by atoms with Crippen LogP contribution in [-0.4, -0.2) is 34.6 Å². The van der Waals surface area contributed by atoms with Crippen molar-refractivity contribution in [3.05, 3.63) is 12.2 Å². The van der Waals surface area contributed by atoms with Gasteiger partial charge in [0.25, 0.3) is 5.60 Å². The summed E-state index contributed by atoms with van der Waals surface area (Å²) in [6.07, 6.45) is -9.47. The predicted octanol–water partition coefficient (Wildman–Crippen LogP) is 4.30. The van der Waals surface area contributed by atoms with E-state index in [0.717, 1.165) is 13.8 Å². The Hall–Kier alpha value is -1.25. The highest BCUT2D eigenvalue weighted by Crippen LogP contribution is 2.53. The molecule has 0 heterocycles. The van der Waals surface area contributed by atoms with E-state index in [2.05, 4.69) is 0 Å². The van der Waals surface area contributed by atoms with Crippen LogP contribution < -0.4 is 0 Å². The first-order valence-corrected chi connectivity index (χ1v) is 7.60. The number of alkyl halides is 6. The topological polar surface area (TPSA) is 46.5 Å². The summed E-state index contributed by atoms with van der Waals surface area (Å²) >= 11 is 0. The Morgan fingerprint density at radius 3 is 1.92 bits per heavy atom. The average molecular weight is 362 g/mol. The molecule has 0 saturated carbocycles. The van der Waals surface area contributed by atoms with Gasteiger partial charge in [-0.25, -0.2) is 0 Å². The van der Waals surface area contributed by atoms with Gasteiger partial charge in [0.15, 0.2) is 5.60 Å². The van der Waals surface area contributed by atoms with Crippen LogP contribution in [0.25, 0.3) is 0 Å². The van der Waals surface area contributed by atoms with Crippen LogP contribution in [-0.2, 0) is 9.53 Å². The van der Waals surface area contributed by atoms with Gasteiger partial charge in [0.2, 0.25) is 0 Å². The van der Waals surface area contributed by atoms with Crippen LogP contribution in [0.2, 0.25) is 0 Å². The molecule has 1 aliphatic rings. The molecule has 0 radical (unpaired) electrons. The van der Waals surface area contributed by atoms with E-state index >= 15 is 0 Å². The highest BCUT2D eigenvalue weighted by Gasteiger charge is 2.80. The van der Waals surface area contributed by atoms with Gasteiger partial charge in [-0.2, -0.15) is 26.3 Å². The molecule has 1 atom stereocenters. The SMILES string of the molecule is CCC(CC)(OC(=O)C1CC=CCC1)C(O)(C(F)(F)F)C(F)(F)F. The number of allylic oxidation sites excluding steroid dienone is 2. The van der Waals surface area contributed by atoms with Gasteiger partial charge in [-0.3, -0.25) is 4.79 Å². The van der Waals surface area contributed by atoms with Gasteiger partial charge >= 0.3 is 18.3 Å². The van der Waals surface area contributed by atoms with E-state index in [1.807, 2.05) is 0 Å². The van der Waals surface area contributed by atoms with E-state index in [1.54, 1.807) is 12.2 Å². The van der Waals surface area contributed by atoms with Crippen molar-refractivity contribution in [2.24, 2.45) is 5.92 Å². The summed E-state index contributed by atoms with van der Waals surface area (Å²) in [5, 5.41) is 9.70. The Bertz CT molecular complexity index is 463. The highest BCUT2D eigenvalue weighted by molar-refractivity contribution is 5.73. The lowest BCUT2D eigenvalue weighted by Gasteiger charge is -2.47. The molecule has 140 valence electrons. The highest BCUT2D eigenvalue weighted by atomic mass is 19.4. The average Bonchev–Trinajstić information content (AvgIpc) is 2.50. The van der Waals surface area contributed by atoms with Gasteiger partial charge in [-0.1, -0.05) is 26.0 Å². The largest absolute Gasteiger partial charge is 0.455 e. The van der Waals surface area contributed by atoms with Gasteiger partial charge in [-0.05, 0) is 32.1 Å². The lowest BCUT2D eigenvalue weighted by atomic mass is 9.76. The lowest BCUT2D eigenvalue weighted by molar-refractivity contribution is -0.413. The number of rotatable bonds is 5. The van der Waals surface area contributed by atoms with Gasteiger partial charge < -0.3 is 9.84 Å². The quantitative estimate of drug-likeness (QED) is 0.451.